The first-order valence-corrected chi connectivity index (χ1v) is 10.4. The van der Waals surface area contributed by atoms with Gasteiger partial charge in [0.15, 0.2) is 0 Å². The van der Waals surface area contributed by atoms with Gasteiger partial charge in [-0.1, -0.05) is 36.4 Å². The average molecular weight is 389 g/mol. The maximum Gasteiger partial charge on any atom is 0.115 e. The molecule has 0 radical (unpaired) electrons. The molecular weight excluding hydrogens is 360 g/mol. The van der Waals surface area contributed by atoms with E-state index >= 15 is 0 Å². The fourth-order valence-electron chi connectivity index (χ4n) is 5.84. The summed E-state index contributed by atoms with van der Waals surface area (Å²) in [5.74, 6) is 0.260. The number of likely N-dealkylation sites (tertiary alicyclic amines) is 1. The van der Waals surface area contributed by atoms with Crippen molar-refractivity contribution in [3.05, 3.63) is 78.0 Å². The van der Waals surface area contributed by atoms with E-state index in [0.717, 1.165) is 31.5 Å². The summed E-state index contributed by atoms with van der Waals surface area (Å²) in [6, 6.07) is 16.0. The van der Waals surface area contributed by atoms with Crippen LogP contribution in [0.3, 0.4) is 0 Å². The molecule has 2 N–H and O–H groups in total. The third kappa shape index (κ3) is 2.59. The molecule has 2 atom stereocenters. The highest BCUT2D eigenvalue weighted by molar-refractivity contribution is 5.86. The van der Waals surface area contributed by atoms with Crippen molar-refractivity contribution in [2.24, 2.45) is 7.05 Å². The standard InChI is InChI=1S/C25H28N2O2/c1-3-12-27-13-11-24(18-7-6-8-19(28)14-18)16-23-21(15-25(24,29)17-27)20-9-4-5-10-22(20)26(23)2/h3-10,14,28-29H,1,11-13,15-17H2,2H3. The summed E-state index contributed by atoms with van der Waals surface area (Å²) >= 11 is 0. The number of aliphatic hydroxyl groups is 1. The largest absolute Gasteiger partial charge is 0.508 e. The van der Waals surface area contributed by atoms with E-state index in [9.17, 15) is 10.2 Å². The van der Waals surface area contributed by atoms with Crippen molar-refractivity contribution in [1.82, 2.24) is 9.47 Å². The van der Waals surface area contributed by atoms with Gasteiger partial charge in [-0.2, -0.15) is 0 Å². The number of hydrogen-bond donors (Lipinski definition) is 2. The van der Waals surface area contributed by atoms with Gasteiger partial charge in [-0.05, 0) is 42.3 Å². The maximum absolute atomic E-state index is 12.2. The molecule has 4 nitrogen and oxygen atoms in total. The number of aromatic nitrogens is 1. The number of β-amino-alcohol motifs (C(OH)–C–C–N with tert-alkyl or cyclic N) is 1. The zero-order chi connectivity index (χ0) is 20.2. The number of benzene rings is 2. The van der Waals surface area contributed by atoms with Gasteiger partial charge in [0, 0.05) is 55.0 Å². The van der Waals surface area contributed by atoms with E-state index in [1.165, 1.54) is 22.2 Å². The van der Waals surface area contributed by atoms with E-state index in [0.29, 0.717) is 13.0 Å². The van der Waals surface area contributed by atoms with E-state index in [2.05, 4.69) is 53.4 Å². The molecule has 1 saturated heterocycles. The van der Waals surface area contributed by atoms with Gasteiger partial charge in [-0.25, -0.2) is 0 Å². The number of aryl methyl sites for hydroxylation is 1. The lowest BCUT2D eigenvalue weighted by molar-refractivity contribution is -0.101. The lowest BCUT2D eigenvalue weighted by atomic mass is 9.56. The van der Waals surface area contributed by atoms with Crippen molar-refractivity contribution < 1.29 is 10.2 Å². The highest BCUT2D eigenvalue weighted by atomic mass is 16.3. The topological polar surface area (TPSA) is 48.6 Å². The molecule has 0 spiro atoms. The van der Waals surface area contributed by atoms with Crippen LogP contribution < -0.4 is 0 Å². The summed E-state index contributed by atoms with van der Waals surface area (Å²) in [5.41, 5.74) is 3.50. The molecule has 1 aliphatic carbocycles. The van der Waals surface area contributed by atoms with Crippen molar-refractivity contribution in [2.45, 2.75) is 30.3 Å². The third-order valence-corrected chi connectivity index (χ3v) is 7.30. The minimum Gasteiger partial charge on any atom is -0.508 e. The second kappa shape index (κ2) is 6.48. The summed E-state index contributed by atoms with van der Waals surface area (Å²) in [6.07, 6.45) is 4.15. The lowest BCUT2D eigenvalue weighted by Crippen LogP contribution is -2.66. The molecule has 2 aromatic carbocycles. The zero-order valence-electron chi connectivity index (χ0n) is 16.9. The first-order chi connectivity index (χ1) is 14.0. The van der Waals surface area contributed by atoms with Gasteiger partial charge >= 0.3 is 0 Å². The van der Waals surface area contributed by atoms with Gasteiger partial charge < -0.3 is 14.8 Å². The van der Waals surface area contributed by atoms with Gasteiger partial charge in [0.25, 0.3) is 0 Å². The van der Waals surface area contributed by atoms with Crippen LogP contribution in [0.4, 0.5) is 0 Å². The highest BCUT2D eigenvalue weighted by Crippen LogP contribution is 2.52. The van der Waals surface area contributed by atoms with Crippen molar-refractivity contribution in [2.75, 3.05) is 19.6 Å². The van der Waals surface area contributed by atoms with E-state index in [-0.39, 0.29) is 5.75 Å². The summed E-state index contributed by atoms with van der Waals surface area (Å²) in [7, 11) is 2.13. The molecule has 1 aliphatic heterocycles. The van der Waals surface area contributed by atoms with E-state index < -0.39 is 11.0 Å². The predicted octanol–water partition coefficient (Wildman–Crippen LogP) is 3.54. The summed E-state index contributed by atoms with van der Waals surface area (Å²) in [5, 5.41) is 23.7. The molecule has 4 heteroatoms. The second-order valence-electron chi connectivity index (χ2n) is 8.79. The summed E-state index contributed by atoms with van der Waals surface area (Å²) < 4.78 is 2.30. The van der Waals surface area contributed by atoms with Gasteiger partial charge in [-0.15, -0.1) is 6.58 Å². The van der Waals surface area contributed by atoms with Crippen molar-refractivity contribution in [3.63, 3.8) is 0 Å². The minimum atomic E-state index is -0.904. The van der Waals surface area contributed by atoms with Crippen LogP contribution in [0, 0.1) is 0 Å². The fourth-order valence-corrected chi connectivity index (χ4v) is 5.84. The first-order valence-electron chi connectivity index (χ1n) is 10.4. The fraction of sp³-hybridized carbons (Fsp3) is 0.360. The Bertz CT molecular complexity index is 1100. The monoisotopic (exact) mass is 388 g/mol. The molecule has 0 saturated carbocycles. The average Bonchev–Trinajstić information content (AvgIpc) is 2.97. The molecule has 3 aromatic rings. The Balaban J connectivity index is 1.72. The molecule has 5 rings (SSSR count). The van der Waals surface area contributed by atoms with Crippen molar-refractivity contribution in [1.29, 1.82) is 0 Å². The van der Waals surface area contributed by atoms with Crippen LogP contribution in [-0.2, 0) is 25.3 Å². The predicted molar refractivity (Wildman–Crippen MR) is 116 cm³/mol. The van der Waals surface area contributed by atoms with Gasteiger partial charge in [0.05, 0.1) is 5.60 Å². The Labute approximate surface area is 171 Å². The number of aromatic hydroxyl groups is 1. The van der Waals surface area contributed by atoms with Gasteiger partial charge in [0.1, 0.15) is 5.75 Å². The number of phenolic OH excluding ortho intramolecular Hbond substituents is 1. The lowest BCUT2D eigenvalue weighted by Gasteiger charge is -2.56. The molecule has 1 aromatic heterocycles. The number of para-hydroxylation sites is 1. The number of phenols is 1. The molecule has 0 amide bonds. The summed E-state index contributed by atoms with van der Waals surface area (Å²) in [6.45, 7) is 6.18. The van der Waals surface area contributed by atoms with E-state index in [1.54, 1.807) is 6.07 Å². The Kier molecular flexibility index (Phi) is 4.12. The Morgan fingerprint density at radius 2 is 1.97 bits per heavy atom. The molecule has 0 bridgehead atoms. The van der Waals surface area contributed by atoms with Crippen LogP contribution in [0.1, 0.15) is 23.2 Å². The maximum atomic E-state index is 12.2. The molecule has 150 valence electrons. The molecular formula is C25H28N2O2. The quantitative estimate of drug-likeness (QED) is 0.675. The van der Waals surface area contributed by atoms with Crippen molar-refractivity contribution in [3.8, 4) is 5.75 Å². The third-order valence-electron chi connectivity index (χ3n) is 7.30. The van der Waals surface area contributed by atoms with Crippen LogP contribution in [0.15, 0.2) is 61.2 Å². The molecule has 2 aliphatic rings. The normalized spacial score (nSPS) is 26.8. The second-order valence-corrected chi connectivity index (χ2v) is 8.79. The van der Waals surface area contributed by atoms with Crippen molar-refractivity contribution >= 4 is 10.9 Å². The zero-order valence-corrected chi connectivity index (χ0v) is 16.9. The van der Waals surface area contributed by atoms with Crippen LogP contribution >= 0.6 is 0 Å². The molecule has 29 heavy (non-hydrogen) atoms. The Hall–Kier alpha value is -2.56. The Morgan fingerprint density at radius 3 is 2.76 bits per heavy atom. The van der Waals surface area contributed by atoms with E-state index in [4.69, 9.17) is 0 Å². The number of hydrogen-bond acceptors (Lipinski definition) is 3. The number of fused-ring (bicyclic) bond motifs is 4. The van der Waals surface area contributed by atoms with Crippen LogP contribution in [0.25, 0.3) is 10.9 Å². The van der Waals surface area contributed by atoms with Gasteiger partial charge in [-0.3, -0.25) is 4.90 Å². The molecule has 2 heterocycles. The number of nitrogens with zero attached hydrogens (tertiary/aromatic N) is 2. The SMILES string of the molecule is C=CCN1CCC2(c3cccc(O)c3)Cc3c(c4ccccc4n3C)CC2(O)C1. The molecule has 1 fully saturated rings. The highest BCUT2D eigenvalue weighted by Gasteiger charge is 2.57. The minimum absolute atomic E-state index is 0.260. The number of piperidine rings is 1. The van der Waals surface area contributed by atoms with Crippen LogP contribution in [0.2, 0.25) is 0 Å². The van der Waals surface area contributed by atoms with Crippen LogP contribution in [-0.4, -0.2) is 44.9 Å². The first kappa shape index (κ1) is 18.5. The van der Waals surface area contributed by atoms with E-state index in [1.807, 2.05) is 18.2 Å². The Morgan fingerprint density at radius 1 is 1.14 bits per heavy atom. The van der Waals surface area contributed by atoms with Gasteiger partial charge in [0.2, 0.25) is 0 Å². The smallest absolute Gasteiger partial charge is 0.115 e. The summed E-state index contributed by atoms with van der Waals surface area (Å²) in [4.78, 5) is 2.30. The molecule has 2 unspecified atom stereocenters. The number of rotatable bonds is 3. The van der Waals surface area contributed by atoms with Crippen LogP contribution in [0.5, 0.6) is 5.75 Å².